The second kappa shape index (κ2) is 5.38. The molecule has 144 valence electrons. The maximum Gasteiger partial charge on any atom is 0.318 e. The van der Waals surface area contributed by atoms with Crippen LogP contribution >= 0.6 is 0 Å². The highest BCUT2D eigenvalue weighted by molar-refractivity contribution is 6.10. The molecule has 1 N–H and O–H groups in total. The molecule has 26 heavy (non-hydrogen) atoms. The van der Waals surface area contributed by atoms with E-state index in [4.69, 9.17) is 18.9 Å². The van der Waals surface area contributed by atoms with Gasteiger partial charge in [-0.25, -0.2) is 0 Å². The molecule has 4 rings (SSSR count). The first-order chi connectivity index (χ1) is 12.2. The van der Waals surface area contributed by atoms with E-state index in [1.54, 1.807) is 6.08 Å². The van der Waals surface area contributed by atoms with E-state index in [1.807, 2.05) is 0 Å². The minimum absolute atomic E-state index is 0.119. The molecule has 7 nitrogen and oxygen atoms in total. The molecule has 0 radical (unpaired) electrons. The lowest BCUT2D eigenvalue weighted by molar-refractivity contribution is -0.227. The van der Waals surface area contributed by atoms with E-state index in [0.717, 1.165) is 0 Å². The minimum atomic E-state index is -1.07. The Balaban J connectivity index is 2.00. The topological polar surface area (TPSA) is 91.3 Å². The van der Waals surface area contributed by atoms with Crippen molar-refractivity contribution in [2.45, 2.75) is 52.0 Å². The van der Waals surface area contributed by atoms with Crippen LogP contribution in [0.3, 0.4) is 0 Å². The van der Waals surface area contributed by atoms with Gasteiger partial charge < -0.3 is 24.1 Å². The molecule has 0 unspecified atom stereocenters. The van der Waals surface area contributed by atoms with Crippen molar-refractivity contribution >= 4 is 11.8 Å². The Morgan fingerprint density at radius 1 is 1.23 bits per heavy atom. The zero-order valence-electron chi connectivity index (χ0n) is 15.7. The van der Waals surface area contributed by atoms with Crippen molar-refractivity contribution in [2.24, 2.45) is 28.1 Å². The average Bonchev–Trinajstić information content (AvgIpc) is 3.22. The van der Waals surface area contributed by atoms with Crippen molar-refractivity contribution in [2.75, 3.05) is 14.2 Å². The fraction of sp³-hybridized carbons (Fsp3) is 0.789. The van der Waals surface area contributed by atoms with Crippen LogP contribution in [0.5, 0.6) is 0 Å². The predicted octanol–water partition coefficient (Wildman–Crippen LogP) is 1.04. The van der Waals surface area contributed by atoms with Crippen LogP contribution < -0.4 is 0 Å². The number of ketones is 1. The monoisotopic (exact) mass is 366 g/mol. The molecule has 0 aromatic rings. The van der Waals surface area contributed by atoms with Crippen LogP contribution in [-0.4, -0.2) is 55.9 Å². The predicted molar refractivity (Wildman–Crippen MR) is 88.6 cm³/mol. The largest absolute Gasteiger partial charge is 0.461 e. The molecule has 8 atom stereocenters. The fourth-order valence-electron chi connectivity index (χ4n) is 6.19. The molecule has 0 bridgehead atoms. The number of rotatable bonds is 2. The van der Waals surface area contributed by atoms with Crippen molar-refractivity contribution < 1.29 is 33.6 Å². The molecule has 0 aromatic heterocycles. The molecular weight excluding hydrogens is 340 g/mol. The van der Waals surface area contributed by atoms with Crippen molar-refractivity contribution in [3.63, 3.8) is 0 Å². The van der Waals surface area contributed by atoms with Gasteiger partial charge in [0.05, 0.1) is 10.8 Å². The summed E-state index contributed by atoms with van der Waals surface area (Å²) in [5, 5.41) is 11.4. The molecule has 3 fully saturated rings. The fourth-order valence-corrected chi connectivity index (χ4v) is 6.19. The first-order valence-electron chi connectivity index (χ1n) is 8.99. The SMILES string of the molecule is CO[C@H]1O[C@@H](OC)[C@@]2([C@@H]1O)[C@H](C(C)(C)C)C[C@H]1OC(=O)[C@@H]3C(=O)C=C[C@@]312. The number of aliphatic hydroxyl groups is 1. The molecule has 2 saturated heterocycles. The van der Waals surface area contributed by atoms with E-state index < -0.39 is 47.5 Å². The Labute approximate surface area is 152 Å². The number of aliphatic hydroxyl groups excluding tert-OH is 1. The summed E-state index contributed by atoms with van der Waals surface area (Å²) in [4.78, 5) is 25.1. The van der Waals surface area contributed by atoms with Gasteiger partial charge in [-0.2, -0.15) is 0 Å². The second-order valence-electron chi connectivity index (χ2n) is 8.87. The number of hydrogen-bond acceptors (Lipinski definition) is 7. The van der Waals surface area contributed by atoms with E-state index in [9.17, 15) is 14.7 Å². The smallest absolute Gasteiger partial charge is 0.318 e. The Hall–Kier alpha value is -1.28. The molecule has 0 aromatic carbocycles. The number of carbonyl (C=O) groups excluding carboxylic acids is 2. The number of methoxy groups -OCH3 is 2. The molecule has 2 aliphatic carbocycles. The summed E-state index contributed by atoms with van der Waals surface area (Å²) in [5.74, 6) is -1.90. The lowest BCUT2D eigenvalue weighted by Gasteiger charge is -2.50. The molecule has 2 spiro atoms. The van der Waals surface area contributed by atoms with E-state index >= 15 is 0 Å². The first-order valence-corrected chi connectivity index (χ1v) is 8.99. The molecule has 1 saturated carbocycles. The van der Waals surface area contributed by atoms with E-state index in [0.29, 0.717) is 6.42 Å². The van der Waals surface area contributed by atoms with Gasteiger partial charge in [-0.1, -0.05) is 26.8 Å². The highest BCUT2D eigenvalue weighted by Gasteiger charge is 2.83. The van der Waals surface area contributed by atoms with Gasteiger partial charge in [0.1, 0.15) is 18.1 Å². The lowest BCUT2D eigenvalue weighted by Crippen LogP contribution is -2.60. The lowest BCUT2D eigenvalue weighted by atomic mass is 9.52. The van der Waals surface area contributed by atoms with Gasteiger partial charge in [-0.15, -0.1) is 0 Å². The van der Waals surface area contributed by atoms with Gasteiger partial charge >= 0.3 is 5.97 Å². The van der Waals surface area contributed by atoms with Gasteiger partial charge in [0.15, 0.2) is 18.4 Å². The summed E-state index contributed by atoms with van der Waals surface area (Å²) >= 11 is 0. The normalized spacial score (nSPS) is 49.8. The summed E-state index contributed by atoms with van der Waals surface area (Å²) in [7, 11) is 2.97. The van der Waals surface area contributed by atoms with Crippen molar-refractivity contribution in [3.05, 3.63) is 12.2 Å². The summed E-state index contributed by atoms with van der Waals surface area (Å²) in [5.41, 5.74) is -2.28. The van der Waals surface area contributed by atoms with Gasteiger partial charge in [-0.05, 0) is 23.8 Å². The zero-order chi connectivity index (χ0) is 19.1. The Morgan fingerprint density at radius 2 is 1.92 bits per heavy atom. The van der Waals surface area contributed by atoms with Crippen LogP contribution in [0, 0.1) is 28.1 Å². The first kappa shape index (κ1) is 18.1. The standard InChI is InChI=1S/C19H26O7/c1-17(2,3)10-8-11-18(7-6-9(20)12(18)14(22)25-11)19(10)13(21)15(23-4)26-16(19)24-5/h6-7,10-13,15-16,21H,8H2,1-5H3/t10-,11+,12-,13+,15-,16+,18-,19-/m0/s1. The third-order valence-electron chi connectivity index (χ3n) is 6.98. The maximum atomic E-state index is 12.6. The summed E-state index contributed by atoms with van der Waals surface area (Å²) in [6, 6.07) is 0. The molecular formula is C19H26O7. The number of esters is 1. The summed E-state index contributed by atoms with van der Waals surface area (Å²) < 4.78 is 22.6. The maximum absolute atomic E-state index is 12.6. The number of hydrogen-bond donors (Lipinski definition) is 1. The minimum Gasteiger partial charge on any atom is -0.461 e. The van der Waals surface area contributed by atoms with E-state index in [2.05, 4.69) is 20.8 Å². The van der Waals surface area contributed by atoms with Crippen molar-refractivity contribution in [3.8, 4) is 0 Å². The average molecular weight is 366 g/mol. The van der Waals surface area contributed by atoms with E-state index in [1.165, 1.54) is 20.3 Å². The Bertz CT molecular complexity index is 676. The van der Waals surface area contributed by atoms with Crippen LogP contribution in [0.15, 0.2) is 12.2 Å². The third-order valence-corrected chi connectivity index (χ3v) is 6.98. The van der Waals surface area contributed by atoms with Crippen LogP contribution in [0.25, 0.3) is 0 Å². The van der Waals surface area contributed by atoms with Crippen LogP contribution in [0.1, 0.15) is 27.2 Å². The molecule has 2 aliphatic heterocycles. The van der Waals surface area contributed by atoms with Crippen LogP contribution in [0.4, 0.5) is 0 Å². The molecule has 2 heterocycles. The van der Waals surface area contributed by atoms with Crippen LogP contribution in [0.2, 0.25) is 0 Å². The highest BCUT2D eigenvalue weighted by Crippen LogP contribution is 2.74. The highest BCUT2D eigenvalue weighted by atomic mass is 16.8. The van der Waals surface area contributed by atoms with Gasteiger partial charge in [0.25, 0.3) is 0 Å². The number of allylic oxidation sites excluding steroid dienone is 1. The van der Waals surface area contributed by atoms with Crippen LogP contribution in [-0.2, 0) is 28.5 Å². The quantitative estimate of drug-likeness (QED) is 0.577. The Morgan fingerprint density at radius 3 is 2.50 bits per heavy atom. The van der Waals surface area contributed by atoms with Gasteiger partial charge in [0.2, 0.25) is 0 Å². The van der Waals surface area contributed by atoms with Gasteiger partial charge in [-0.3, -0.25) is 9.59 Å². The molecule has 0 amide bonds. The van der Waals surface area contributed by atoms with Crippen molar-refractivity contribution in [1.82, 2.24) is 0 Å². The summed E-state index contributed by atoms with van der Waals surface area (Å²) in [6.45, 7) is 6.23. The molecule has 7 heteroatoms. The number of carbonyl (C=O) groups is 2. The summed E-state index contributed by atoms with van der Waals surface area (Å²) in [6.07, 6.45) is 0.433. The van der Waals surface area contributed by atoms with Gasteiger partial charge in [0, 0.05) is 14.2 Å². The third kappa shape index (κ3) is 1.77. The Kier molecular flexibility index (Phi) is 3.74. The second-order valence-corrected chi connectivity index (χ2v) is 8.87. The van der Waals surface area contributed by atoms with E-state index in [-0.39, 0.29) is 17.1 Å². The van der Waals surface area contributed by atoms with Crippen molar-refractivity contribution in [1.29, 1.82) is 0 Å². The molecule has 4 aliphatic rings. The zero-order valence-corrected chi connectivity index (χ0v) is 15.7. The number of ether oxygens (including phenoxy) is 4.